The van der Waals surface area contributed by atoms with Crippen molar-refractivity contribution in [2.75, 3.05) is 30.5 Å². The number of aryl methyl sites for hydroxylation is 1. The lowest BCUT2D eigenvalue weighted by Gasteiger charge is -2.38. The fraction of sp³-hybridized carbons (Fsp3) is 0.360. The van der Waals surface area contributed by atoms with E-state index < -0.39 is 23.4 Å². The Balaban J connectivity index is 1.46. The molecular formula is C25H25F3N4O5. The van der Waals surface area contributed by atoms with E-state index in [9.17, 15) is 22.8 Å². The lowest BCUT2D eigenvalue weighted by molar-refractivity contribution is -0.160. The summed E-state index contributed by atoms with van der Waals surface area (Å²) in [5.74, 6) is 0.0814. The molecule has 1 fully saturated rings. The van der Waals surface area contributed by atoms with Crippen molar-refractivity contribution in [3.8, 4) is 5.75 Å². The molecule has 1 aromatic carbocycles. The van der Waals surface area contributed by atoms with Gasteiger partial charge in [0.1, 0.15) is 5.75 Å². The fourth-order valence-electron chi connectivity index (χ4n) is 3.66. The van der Waals surface area contributed by atoms with E-state index in [1.54, 1.807) is 32.9 Å². The summed E-state index contributed by atoms with van der Waals surface area (Å²) in [6.07, 6.45) is 0.0852. The van der Waals surface area contributed by atoms with Crippen LogP contribution in [0.1, 0.15) is 37.4 Å². The van der Waals surface area contributed by atoms with Crippen molar-refractivity contribution < 1.29 is 37.0 Å². The number of ketones is 1. The first-order valence-electron chi connectivity index (χ1n) is 11.5. The Bertz CT molecular complexity index is 1290. The minimum absolute atomic E-state index is 0.0759. The molecule has 2 aliphatic rings. The van der Waals surface area contributed by atoms with Gasteiger partial charge >= 0.3 is 12.2 Å². The molecule has 1 aliphatic heterocycles. The molecule has 0 unspecified atom stereocenters. The summed E-state index contributed by atoms with van der Waals surface area (Å²) >= 11 is 0. The maximum absolute atomic E-state index is 13.7. The summed E-state index contributed by atoms with van der Waals surface area (Å²) in [5, 5.41) is 4.93. The molecule has 196 valence electrons. The summed E-state index contributed by atoms with van der Waals surface area (Å²) in [5.41, 5.74) is -0.642. The number of Topliss-reactive ketones (excluding diaryl/α,β-unsaturated/α-hetero) is 1. The number of carbonyl (C=O) groups excluding carboxylic acids is 2. The molecule has 12 heteroatoms. The van der Waals surface area contributed by atoms with Crippen LogP contribution in [0.5, 0.6) is 5.75 Å². The highest BCUT2D eigenvalue weighted by Crippen LogP contribution is 2.40. The lowest BCUT2D eigenvalue weighted by atomic mass is 10.0. The van der Waals surface area contributed by atoms with Gasteiger partial charge in [0.05, 0.1) is 43.0 Å². The van der Waals surface area contributed by atoms with E-state index in [-0.39, 0.29) is 48.3 Å². The van der Waals surface area contributed by atoms with E-state index in [0.717, 1.165) is 12.1 Å². The highest BCUT2D eigenvalue weighted by atomic mass is 19.4. The zero-order chi connectivity index (χ0) is 26.8. The molecule has 4 rings (SSSR count). The number of halogens is 3. The fourth-order valence-corrected chi connectivity index (χ4v) is 3.66. The van der Waals surface area contributed by atoms with Crippen molar-refractivity contribution >= 4 is 28.8 Å². The molecule has 37 heavy (non-hydrogen) atoms. The number of allylic oxidation sites excluding steroid dienone is 4. The molecule has 2 aromatic rings. The van der Waals surface area contributed by atoms with Crippen LogP contribution in [0.3, 0.4) is 0 Å². The third-order valence-corrected chi connectivity index (χ3v) is 5.57. The first-order valence-corrected chi connectivity index (χ1v) is 11.5. The Hall–Kier alpha value is -3.93. The van der Waals surface area contributed by atoms with Crippen LogP contribution in [0.25, 0.3) is 5.57 Å². The molecule has 2 N–H and O–H groups in total. The lowest BCUT2D eigenvalue weighted by Crippen LogP contribution is -2.51. The van der Waals surface area contributed by atoms with Crippen molar-refractivity contribution in [3.05, 3.63) is 59.4 Å². The third-order valence-electron chi connectivity index (χ3n) is 5.57. The Labute approximate surface area is 210 Å². The maximum atomic E-state index is 13.7. The second kappa shape index (κ2) is 10.2. The predicted molar refractivity (Wildman–Crippen MR) is 128 cm³/mol. The van der Waals surface area contributed by atoms with Crippen molar-refractivity contribution in [2.45, 2.75) is 39.0 Å². The molecule has 0 saturated carbocycles. The third kappa shape index (κ3) is 6.08. The van der Waals surface area contributed by atoms with Crippen molar-refractivity contribution in [3.63, 3.8) is 0 Å². The molecule has 1 aromatic heterocycles. The minimum Gasteiger partial charge on any atom is -0.490 e. The summed E-state index contributed by atoms with van der Waals surface area (Å²) in [6.45, 7) is 5.79. The van der Waals surface area contributed by atoms with Gasteiger partial charge in [0, 0.05) is 17.7 Å². The van der Waals surface area contributed by atoms with Crippen LogP contribution in [0, 0.1) is 6.92 Å². The van der Waals surface area contributed by atoms with E-state index in [1.807, 2.05) is 0 Å². The Morgan fingerprint density at radius 3 is 2.62 bits per heavy atom. The van der Waals surface area contributed by atoms with Gasteiger partial charge in [-0.25, -0.2) is 14.8 Å². The highest BCUT2D eigenvalue weighted by molar-refractivity contribution is 6.01. The number of nitrogens with zero attached hydrogens (tertiary/aromatic N) is 2. The minimum atomic E-state index is -4.69. The number of carbonyl (C=O) groups is 2. The summed E-state index contributed by atoms with van der Waals surface area (Å²) < 4.78 is 56.9. The number of amides is 2. The Kier molecular flexibility index (Phi) is 7.21. The van der Waals surface area contributed by atoms with Crippen LogP contribution in [-0.2, 0) is 20.4 Å². The van der Waals surface area contributed by atoms with Gasteiger partial charge in [0.25, 0.3) is 0 Å². The van der Waals surface area contributed by atoms with E-state index in [0.29, 0.717) is 23.7 Å². The van der Waals surface area contributed by atoms with Gasteiger partial charge in [-0.05, 0) is 45.0 Å². The number of hydrogen-bond donors (Lipinski definition) is 2. The van der Waals surface area contributed by atoms with E-state index in [4.69, 9.17) is 14.2 Å². The zero-order valence-electron chi connectivity index (χ0n) is 20.4. The molecule has 2 heterocycles. The highest BCUT2D eigenvalue weighted by Gasteiger charge is 2.40. The number of hydrogen-bond acceptors (Lipinski definition) is 7. The van der Waals surface area contributed by atoms with Gasteiger partial charge < -0.3 is 24.8 Å². The van der Waals surface area contributed by atoms with E-state index in [2.05, 4.69) is 20.6 Å². The van der Waals surface area contributed by atoms with Crippen LogP contribution < -0.4 is 15.4 Å². The van der Waals surface area contributed by atoms with Gasteiger partial charge in [0.15, 0.2) is 17.2 Å². The molecule has 1 aliphatic carbocycles. The van der Waals surface area contributed by atoms with Crippen LogP contribution in [-0.4, -0.2) is 47.2 Å². The standard InChI is InChI=1S/C25H25F3N4O5/c1-4-36-21-9-15(5-7-19(21)33)22-29-11-18(14(2)30-22)32-23(34)31-16-6-8-20(17(10-16)25(26,27)28)37-24(3)12-35-13-24/h5-6,8-11H,4,7,12-13H2,1-3H3,(H2,31,32,34). The molecular weight excluding hydrogens is 493 g/mol. The number of urea groups is 1. The molecule has 0 atom stereocenters. The maximum Gasteiger partial charge on any atom is 0.420 e. The number of ether oxygens (including phenoxy) is 3. The van der Waals surface area contributed by atoms with Gasteiger partial charge in [-0.1, -0.05) is 6.08 Å². The molecule has 0 bridgehead atoms. The van der Waals surface area contributed by atoms with E-state index in [1.165, 1.54) is 12.3 Å². The summed E-state index contributed by atoms with van der Waals surface area (Å²) in [7, 11) is 0. The largest absolute Gasteiger partial charge is 0.490 e. The molecule has 9 nitrogen and oxygen atoms in total. The summed E-state index contributed by atoms with van der Waals surface area (Å²) in [4.78, 5) is 33.1. The first-order chi connectivity index (χ1) is 17.5. The van der Waals surface area contributed by atoms with Crippen LogP contribution in [0.4, 0.5) is 29.3 Å². The topological polar surface area (TPSA) is 112 Å². The Morgan fingerprint density at radius 2 is 2.00 bits per heavy atom. The monoisotopic (exact) mass is 518 g/mol. The molecule has 1 saturated heterocycles. The van der Waals surface area contributed by atoms with Crippen LogP contribution >= 0.6 is 0 Å². The number of nitrogens with one attached hydrogen (secondary N) is 2. The first kappa shape index (κ1) is 26.1. The average Bonchev–Trinajstić information content (AvgIpc) is 2.81. The summed E-state index contributed by atoms with van der Waals surface area (Å²) in [6, 6.07) is 2.52. The van der Waals surface area contributed by atoms with Crippen LogP contribution in [0.15, 0.2) is 42.3 Å². The number of rotatable bonds is 7. The van der Waals surface area contributed by atoms with Crippen LogP contribution in [0.2, 0.25) is 0 Å². The number of benzene rings is 1. The SMILES string of the molecule is CCOC1=CC(c2ncc(NC(=O)Nc3ccc(OC4(C)COC4)c(C(F)(F)F)c3)c(C)n2)=CCC1=O. The molecule has 0 spiro atoms. The normalized spacial score (nSPS) is 16.8. The quantitative estimate of drug-likeness (QED) is 0.537. The van der Waals surface area contributed by atoms with Crippen molar-refractivity contribution in [1.82, 2.24) is 9.97 Å². The smallest absolute Gasteiger partial charge is 0.420 e. The number of anilines is 2. The molecule has 0 radical (unpaired) electrons. The predicted octanol–water partition coefficient (Wildman–Crippen LogP) is 4.89. The average molecular weight is 518 g/mol. The van der Waals surface area contributed by atoms with Gasteiger partial charge in [-0.15, -0.1) is 0 Å². The number of aromatic nitrogens is 2. The molecule has 2 amide bonds. The zero-order valence-corrected chi connectivity index (χ0v) is 20.4. The van der Waals surface area contributed by atoms with Gasteiger partial charge in [-0.3, -0.25) is 4.79 Å². The second-order valence-corrected chi connectivity index (χ2v) is 8.75. The van der Waals surface area contributed by atoms with Crippen molar-refractivity contribution in [2.24, 2.45) is 0 Å². The van der Waals surface area contributed by atoms with E-state index >= 15 is 0 Å². The second-order valence-electron chi connectivity index (χ2n) is 8.75. The van der Waals surface area contributed by atoms with Gasteiger partial charge in [-0.2, -0.15) is 13.2 Å². The van der Waals surface area contributed by atoms with Crippen molar-refractivity contribution in [1.29, 1.82) is 0 Å². The number of alkyl halides is 3. The Morgan fingerprint density at radius 1 is 1.24 bits per heavy atom. The van der Waals surface area contributed by atoms with Gasteiger partial charge in [0.2, 0.25) is 5.78 Å².